The summed E-state index contributed by atoms with van der Waals surface area (Å²) in [6.07, 6.45) is 26.3. The molecule has 0 aliphatic heterocycles. The highest BCUT2D eigenvalue weighted by molar-refractivity contribution is 5.63. The monoisotopic (exact) mass is 411 g/mol. The van der Waals surface area contributed by atoms with Crippen LogP contribution in [0.2, 0.25) is 0 Å². The molecular formula is C26H53NO2. The molecule has 0 aliphatic carbocycles. The maximum absolute atomic E-state index is 10.2. The molecule has 0 spiro atoms. The van der Waals surface area contributed by atoms with Crippen molar-refractivity contribution in [1.29, 1.82) is 0 Å². The Morgan fingerprint density at radius 3 is 1.48 bits per heavy atom. The van der Waals surface area contributed by atoms with Crippen LogP contribution < -0.4 is 10.4 Å². The van der Waals surface area contributed by atoms with Gasteiger partial charge in [-0.1, -0.05) is 97.1 Å². The van der Waals surface area contributed by atoms with Crippen molar-refractivity contribution in [1.82, 2.24) is 0 Å². The minimum absolute atomic E-state index is 0.220. The van der Waals surface area contributed by atoms with Gasteiger partial charge in [0.2, 0.25) is 0 Å². The van der Waals surface area contributed by atoms with Crippen molar-refractivity contribution < 1.29 is 15.2 Å². The largest absolute Gasteiger partial charge is 0.550 e. The van der Waals surface area contributed by atoms with Gasteiger partial charge in [-0.3, -0.25) is 0 Å². The van der Waals surface area contributed by atoms with Gasteiger partial charge in [0.25, 0.3) is 0 Å². The minimum atomic E-state index is -0.914. The number of carboxylic acid groups (broad SMARTS) is 1. The Hall–Kier alpha value is -0.830. The van der Waals surface area contributed by atoms with Gasteiger partial charge in [-0.2, -0.15) is 0 Å². The number of carboxylic acids is 1. The van der Waals surface area contributed by atoms with E-state index >= 15 is 0 Å². The normalized spacial score (nSPS) is 10.9. The molecule has 0 amide bonds. The first-order valence-corrected chi connectivity index (χ1v) is 12.8. The van der Waals surface area contributed by atoms with Gasteiger partial charge in [0.15, 0.2) is 0 Å². The number of allylic oxidation sites excluding steroid dienone is 2. The number of nitrogens with two attached hydrogens (primary N) is 1. The molecule has 0 fully saturated rings. The Morgan fingerprint density at radius 1 is 0.621 bits per heavy atom. The van der Waals surface area contributed by atoms with Crippen molar-refractivity contribution in [3.63, 3.8) is 0 Å². The highest BCUT2D eigenvalue weighted by Crippen LogP contribution is 2.09. The molecule has 3 nitrogen and oxygen atoms in total. The number of quaternary nitrogens is 1. The van der Waals surface area contributed by atoms with Gasteiger partial charge in [0, 0.05) is 5.97 Å². The van der Waals surface area contributed by atoms with Crippen LogP contribution >= 0.6 is 0 Å². The Balaban J connectivity index is 0. The summed E-state index contributed by atoms with van der Waals surface area (Å²) < 4.78 is 0. The number of rotatable bonds is 21. The minimum Gasteiger partial charge on any atom is -0.550 e. The number of carbonyl (C=O) groups excluding carboxylic acids is 1. The first kappa shape index (κ1) is 30.4. The number of aliphatic carboxylic acids is 1. The second-order valence-electron chi connectivity index (χ2n) is 8.28. The van der Waals surface area contributed by atoms with E-state index in [9.17, 15) is 9.90 Å². The molecule has 0 heterocycles. The molecule has 3 heteroatoms. The molecule has 0 saturated heterocycles. The third-order valence-electron chi connectivity index (χ3n) is 5.17. The van der Waals surface area contributed by atoms with Crippen LogP contribution in [0.25, 0.3) is 0 Å². The molecule has 0 aromatic carbocycles. The zero-order valence-corrected chi connectivity index (χ0v) is 20.2. The average molecular weight is 412 g/mol. The van der Waals surface area contributed by atoms with Gasteiger partial charge < -0.3 is 15.2 Å². The predicted octanol–water partition coefficient (Wildman–Crippen LogP) is 5.92. The Kier molecular flexibility index (Phi) is 30.8. The summed E-state index contributed by atoms with van der Waals surface area (Å²) in [4.78, 5) is 10.2. The molecular weight excluding hydrogens is 358 g/mol. The average Bonchev–Trinajstić information content (AvgIpc) is 2.71. The van der Waals surface area contributed by atoms with Crippen LogP contribution in [0.5, 0.6) is 0 Å². The van der Waals surface area contributed by atoms with Crippen LogP contribution in [0.15, 0.2) is 12.2 Å². The lowest BCUT2D eigenvalue weighted by Crippen LogP contribution is -2.84. The van der Waals surface area contributed by atoms with E-state index in [0.29, 0.717) is 0 Å². The fourth-order valence-electron chi connectivity index (χ4n) is 3.18. The molecule has 174 valence electrons. The summed E-state index contributed by atoms with van der Waals surface area (Å²) in [6, 6.07) is 0. The van der Waals surface area contributed by atoms with Gasteiger partial charge in [0.1, 0.15) is 0 Å². The summed E-state index contributed by atoms with van der Waals surface area (Å²) in [5.74, 6) is -0.914. The van der Waals surface area contributed by atoms with Crippen LogP contribution in [0.4, 0.5) is 0 Å². The number of hydrogen-bond acceptors (Lipinski definition) is 2. The maximum atomic E-state index is 10.2. The summed E-state index contributed by atoms with van der Waals surface area (Å²) in [5.41, 5.74) is 0. The number of unbranched alkanes of at least 4 members (excludes halogenated alkanes) is 13. The molecule has 0 aliphatic rings. The summed E-state index contributed by atoms with van der Waals surface area (Å²) >= 11 is 0. The maximum Gasteiger partial charge on any atom is 0.0755 e. The fourth-order valence-corrected chi connectivity index (χ4v) is 3.18. The Bertz CT molecular complexity index is 323. The van der Waals surface area contributed by atoms with Crippen LogP contribution in [-0.4, -0.2) is 19.1 Å². The second-order valence-corrected chi connectivity index (χ2v) is 8.28. The predicted molar refractivity (Wildman–Crippen MR) is 126 cm³/mol. The van der Waals surface area contributed by atoms with Crippen molar-refractivity contribution in [2.45, 2.75) is 136 Å². The molecule has 0 aromatic rings. The van der Waals surface area contributed by atoms with Crippen LogP contribution in [0.3, 0.4) is 0 Å². The lowest BCUT2D eigenvalue weighted by molar-refractivity contribution is -0.655. The third-order valence-corrected chi connectivity index (χ3v) is 5.17. The Morgan fingerprint density at radius 2 is 1.03 bits per heavy atom. The first-order chi connectivity index (χ1) is 14.2. The van der Waals surface area contributed by atoms with Crippen LogP contribution in [-0.2, 0) is 4.79 Å². The highest BCUT2D eigenvalue weighted by Gasteiger charge is 1.91. The molecule has 0 rings (SSSR count). The number of hydrogen-bond donors (Lipinski definition) is 1. The molecule has 29 heavy (non-hydrogen) atoms. The smallest absolute Gasteiger partial charge is 0.0755 e. The van der Waals surface area contributed by atoms with E-state index in [2.05, 4.69) is 38.2 Å². The summed E-state index contributed by atoms with van der Waals surface area (Å²) in [7, 11) is 0. The van der Waals surface area contributed by atoms with E-state index in [1.54, 1.807) is 0 Å². The molecule has 0 saturated carbocycles. The molecule has 0 atom stereocenters. The second kappa shape index (κ2) is 29.4. The summed E-state index contributed by atoms with van der Waals surface area (Å²) in [5, 5.41) is 12.6. The topological polar surface area (TPSA) is 56.7 Å². The van der Waals surface area contributed by atoms with Gasteiger partial charge in [-0.05, 0) is 51.4 Å². The van der Waals surface area contributed by atoms with Gasteiger partial charge in [-0.15, -0.1) is 0 Å². The van der Waals surface area contributed by atoms with Crippen molar-refractivity contribution >= 4 is 5.97 Å². The van der Waals surface area contributed by atoms with E-state index in [1.165, 1.54) is 103 Å². The van der Waals surface area contributed by atoms with Crippen molar-refractivity contribution in [3.8, 4) is 0 Å². The highest BCUT2D eigenvalue weighted by atomic mass is 16.4. The quantitative estimate of drug-likeness (QED) is 0.188. The van der Waals surface area contributed by atoms with E-state index < -0.39 is 5.97 Å². The summed E-state index contributed by atoms with van der Waals surface area (Å²) in [6.45, 7) is 9.40. The lowest BCUT2D eigenvalue weighted by atomic mass is 10.1. The van der Waals surface area contributed by atoms with Gasteiger partial charge >= 0.3 is 0 Å². The molecule has 2 N–H and O–H groups in total. The molecule has 0 bridgehead atoms. The SMILES string of the molecule is CCCCCCCCC=CCCCCCCCC(=O)[O-].CCCC[NH2+]CCCC. The third kappa shape index (κ3) is 35.0. The van der Waals surface area contributed by atoms with E-state index in [-0.39, 0.29) is 6.42 Å². The zero-order valence-electron chi connectivity index (χ0n) is 20.2. The number of carbonyl (C=O) groups is 1. The zero-order chi connectivity index (χ0) is 21.8. The van der Waals surface area contributed by atoms with Gasteiger partial charge in [-0.25, -0.2) is 0 Å². The van der Waals surface area contributed by atoms with Gasteiger partial charge in [0.05, 0.1) is 13.1 Å². The van der Waals surface area contributed by atoms with Crippen molar-refractivity contribution in [2.75, 3.05) is 13.1 Å². The van der Waals surface area contributed by atoms with Crippen LogP contribution in [0.1, 0.15) is 136 Å². The van der Waals surface area contributed by atoms with E-state index in [1.807, 2.05) is 0 Å². The Labute approximate surface area is 183 Å². The van der Waals surface area contributed by atoms with Crippen molar-refractivity contribution in [3.05, 3.63) is 12.2 Å². The first-order valence-electron chi connectivity index (χ1n) is 12.8. The van der Waals surface area contributed by atoms with Crippen molar-refractivity contribution in [2.24, 2.45) is 0 Å². The lowest BCUT2D eigenvalue weighted by Gasteiger charge is -2.01. The van der Waals surface area contributed by atoms with Crippen LogP contribution in [0, 0.1) is 0 Å². The standard InChI is InChI=1S/C18H34O2.C8H19N/c1-2-3-4-5-6-7-8-9-10-11-12-13-14-15-16-17-18(19)20;1-3-5-7-9-8-6-4-2/h9-10H,2-8,11-17H2,1H3,(H,19,20);9H,3-8H2,1-2H3. The molecule has 0 unspecified atom stereocenters. The molecule has 0 radical (unpaired) electrons. The molecule has 0 aromatic heterocycles. The van der Waals surface area contributed by atoms with E-state index in [4.69, 9.17) is 0 Å². The fraction of sp³-hybridized carbons (Fsp3) is 0.885. The van der Waals surface area contributed by atoms with E-state index in [0.717, 1.165) is 19.3 Å².